The maximum absolute atomic E-state index is 10.6. The van der Waals surface area contributed by atoms with Gasteiger partial charge in [0, 0.05) is 13.1 Å². The number of aliphatic hydroxyl groups is 1. The number of rotatable bonds is 6. The van der Waals surface area contributed by atoms with Crippen molar-refractivity contribution < 1.29 is 9.90 Å². The molecule has 0 saturated heterocycles. The summed E-state index contributed by atoms with van der Waals surface area (Å²) in [6.45, 7) is 1.44. The summed E-state index contributed by atoms with van der Waals surface area (Å²) in [4.78, 5) is 10.6. The van der Waals surface area contributed by atoms with Gasteiger partial charge in [0.15, 0.2) is 0 Å². The Hall–Kier alpha value is -1.39. The first-order valence-corrected chi connectivity index (χ1v) is 4.90. The molecule has 0 unspecified atom stereocenters. The number of hydrogen-bond acceptors (Lipinski definition) is 3. The van der Waals surface area contributed by atoms with E-state index in [1.807, 2.05) is 24.3 Å². The van der Waals surface area contributed by atoms with Gasteiger partial charge in [-0.25, -0.2) is 0 Å². The van der Waals surface area contributed by atoms with E-state index < -0.39 is 0 Å². The first kappa shape index (κ1) is 11.7. The molecular weight excluding hydrogens is 192 g/mol. The fraction of sp³-hybridized carbons (Fsp3) is 0.364. The van der Waals surface area contributed by atoms with Gasteiger partial charge >= 0.3 is 0 Å². The number of carbonyl (C=O) groups excluding carboxylic acids is 1. The van der Waals surface area contributed by atoms with Crippen LogP contribution in [0.3, 0.4) is 0 Å². The van der Waals surface area contributed by atoms with Crippen LogP contribution in [0.15, 0.2) is 24.3 Å². The molecule has 1 aromatic rings. The number of primary amides is 1. The molecule has 1 rings (SSSR count). The van der Waals surface area contributed by atoms with Gasteiger partial charge in [-0.05, 0) is 11.1 Å². The number of nitrogens with two attached hydrogens (primary N) is 1. The number of carbonyl (C=O) groups is 1. The summed E-state index contributed by atoms with van der Waals surface area (Å²) in [7, 11) is 0. The van der Waals surface area contributed by atoms with E-state index in [9.17, 15) is 4.79 Å². The molecule has 4 nitrogen and oxygen atoms in total. The third-order valence-corrected chi connectivity index (χ3v) is 2.02. The van der Waals surface area contributed by atoms with Crippen LogP contribution >= 0.6 is 0 Å². The largest absolute Gasteiger partial charge is 0.395 e. The van der Waals surface area contributed by atoms with Crippen LogP contribution in [0.5, 0.6) is 0 Å². The zero-order chi connectivity index (χ0) is 11.1. The molecule has 0 atom stereocenters. The molecule has 82 valence electrons. The Bertz CT molecular complexity index is 309. The maximum atomic E-state index is 10.6. The molecule has 0 aliphatic heterocycles. The average molecular weight is 208 g/mol. The lowest BCUT2D eigenvalue weighted by Crippen LogP contribution is -2.17. The fourth-order valence-electron chi connectivity index (χ4n) is 1.29. The predicted octanol–water partition coefficient (Wildman–Crippen LogP) is -0.204. The third kappa shape index (κ3) is 4.58. The van der Waals surface area contributed by atoms with Gasteiger partial charge in [0.1, 0.15) is 0 Å². The van der Waals surface area contributed by atoms with Gasteiger partial charge in [0.2, 0.25) is 5.91 Å². The summed E-state index contributed by atoms with van der Waals surface area (Å²) in [6, 6.07) is 7.67. The summed E-state index contributed by atoms with van der Waals surface area (Å²) in [5.74, 6) is -0.318. The van der Waals surface area contributed by atoms with Crippen LogP contribution in [0.25, 0.3) is 0 Å². The van der Waals surface area contributed by atoms with Crippen LogP contribution in [-0.2, 0) is 17.8 Å². The lowest BCUT2D eigenvalue weighted by Gasteiger charge is -2.04. The minimum Gasteiger partial charge on any atom is -0.395 e. The van der Waals surface area contributed by atoms with E-state index >= 15 is 0 Å². The van der Waals surface area contributed by atoms with Crippen LogP contribution in [0.4, 0.5) is 0 Å². The predicted molar refractivity (Wildman–Crippen MR) is 58.1 cm³/mol. The highest BCUT2D eigenvalue weighted by atomic mass is 16.3. The van der Waals surface area contributed by atoms with Crippen molar-refractivity contribution in [2.45, 2.75) is 13.0 Å². The minimum absolute atomic E-state index is 0.139. The van der Waals surface area contributed by atoms with Crippen molar-refractivity contribution >= 4 is 5.91 Å². The normalized spacial score (nSPS) is 10.2. The quantitative estimate of drug-likeness (QED) is 0.566. The van der Waals surface area contributed by atoms with Crippen LogP contribution in [-0.4, -0.2) is 24.2 Å². The molecule has 0 bridgehead atoms. The molecule has 1 aromatic carbocycles. The number of nitrogens with one attached hydrogen (secondary N) is 1. The molecule has 4 N–H and O–H groups in total. The van der Waals surface area contributed by atoms with Crippen molar-refractivity contribution in [2.75, 3.05) is 13.2 Å². The lowest BCUT2D eigenvalue weighted by atomic mass is 10.1. The van der Waals surface area contributed by atoms with Crippen molar-refractivity contribution in [2.24, 2.45) is 5.73 Å². The highest BCUT2D eigenvalue weighted by Gasteiger charge is 1.98. The number of amides is 1. The molecule has 0 heterocycles. The lowest BCUT2D eigenvalue weighted by molar-refractivity contribution is -0.117. The van der Waals surface area contributed by atoms with Gasteiger partial charge in [-0.3, -0.25) is 4.79 Å². The molecule has 0 fully saturated rings. The molecule has 0 radical (unpaired) electrons. The standard InChI is InChI=1S/C11H16N2O2/c12-11(15)7-9-1-3-10(4-2-9)8-13-5-6-14/h1-4,13-14H,5-8H2,(H2,12,15). The van der Waals surface area contributed by atoms with Crippen molar-refractivity contribution in [3.05, 3.63) is 35.4 Å². The van der Waals surface area contributed by atoms with E-state index in [0.717, 1.165) is 17.7 Å². The first-order valence-electron chi connectivity index (χ1n) is 4.90. The zero-order valence-electron chi connectivity index (χ0n) is 8.57. The third-order valence-electron chi connectivity index (χ3n) is 2.02. The van der Waals surface area contributed by atoms with Gasteiger partial charge in [0.05, 0.1) is 13.0 Å². The summed E-state index contributed by atoms with van der Waals surface area (Å²) >= 11 is 0. The Balaban J connectivity index is 2.45. The number of hydrogen-bond donors (Lipinski definition) is 3. The summed E-state index contributed by atoms with van der Waals surface area (Å²) in [5, 5.41) is 11.6. The molecule has 0 aliphatic rings. The van der Waals surface area contributed by atoms with E-state index in [2.05, 4.69) is 5.32 Å². The molecule has 0 aromatic heterocycles. The van der Waals surface area contributed by atoms with Gasteiger partial charge in [0.25, 0.3) is 0 Å². The van der Waals surface area contributed by atoms with E-state index in [0.29, 0.717) is 6.54 Å². The number of aliphatic hydroxyl groups excluding tert-OH is 1. The molecule has 0 spiro atoms. The van der Waals surface area contributed by atoms with Crippen LogP contribution in [0.2, 0.25) is 0 Å². The van der Waals surface area contributed by atoms with Crippen molar-refractivity contribution in [1.29, 1.82) is 0 Å². The Morgan fingerprint density at radius 2 is 1.87 bits per heavy atom. The second kappa shape index (κ2) is 6.16. The molecular formula is C11H16N2O2. The Morgan fingerprint density at radius 1 is 1.27 bits per heavy atom. The topological polar surface area (TPSA) is 75.4 Å². The van der Waals surface area contributed by atoms with Crippen LogP contribution in [0, 0.1) is 0 Å². The second-order valence-corrected chi connectivity index (χ2v) is 3.36. The zero-order valence-corrected chi connectivity index (χ0v) is 8.57. The summed E-state index contributed by atoms with van der Waals surface area (Å²) in [5.41, 5.74) is 7.13. The van der Waals surface area contributed by atoms with Gasteiger partial charge in [-0.15, -0.1) is 0 Å². The van der Waals surface area contributed by atoms with E-state index in [1.165, 1.54) is 0 Å². The second-order valence-electron chi connectivity index (χ2n) is 3.36. The van der Waals surface area contributed by atoms with Crippen molar-refractivity contribution in [1.82, 2.24) is 5.32 Å². The molecule has 15 heavy (non-hydrogen) atoms. The molecule has 4 heteroatoms. The van der Waals surface area contributed by atoms with Crippen molar-refractivity contribution in [3.63, 3.8) is 0 Å². The Morgan fingerprint density at radius 3 is 2.40 bits per heavy atom. The van der Waals surface area contributed by atoms with Crippen molar-refractivity contribution in [3.8, 4) is 0 Å². The maximum Gasteiger partial charge on any atom is 0.221 e. The molecule has 0 aliphatic carbocycles. The van der Waals surface area contributed by atoms with Crippen LogP contribution < -0.4 is 11.1 Å². The summed E-state index contributed by atoms with van der Waals surface area (Å²) in [6.07, 6.45) is 0.282. The van der Waals surface area contributed by atoms with E-state index in [4.69, 9.17) is 10.8 Å². The summed E-state index contributed by atoms with van der Waals surface area (Å²) < 4.78 is 0. The Kier molecular flexibility index (Phi) is 4.80. The van der Waals surface area contributed by atoms with Gasteiger partial charge in [-0.1, -0.05) is 24.3 Å². The molecule has 1 amide bonds. The highest BCUT2D eigenvalue weighted by Crippen LogP contribution is 2.04. The van der Waals surface area contributed by atoms with Gasteiger partial charge < -0.3 is 16.2 Å². The first-order chi connectivity index (χ1) is 7.22. The van der Waals surface area contributed by atoms with Gasteiger partial charge in [-0.2, -0.15) is 0 Å². The Labute approximate surface area is 89.1 Å². The number of benzene rings is 1. The van der Waals surface area contributed by atoms with Crippen LogP contribution in [0.1, 0.15) is 11.1 Å². The fourth-order valence-corrected chi connectivity index (χ4v) is 1.29. The molecule has 0 saturated carbocycles. The average Bonchev–Trinajstić information content (AvgIpc) is 2.20. The highest BCUT2D eigenvalue weighted by molar-refractivity contribution is 5.76. The van der Waals surface area contributed by atoms with E-state index in [-0.39, 0.29) is 18.9 Å². The van der Waals surface area contributed by atoms with E-state index in [1.54, 1.807) is 0 Å². The SMILES string of the molecule is NC(=O)Cc1ccc(CNCCO)cc1. The smallest absolute Gasteiger partial charge is 0.221 e. The monoisotopic (exact) mass is 208 g/mol. The minimum atomic E-state index is -0.318.